The molecule has 3 aromatic rings. The number of oxazole rings is 1. The fourth-order valence-electron chi connectivity index (χ4n) is 2.35. The number of benzene rings is 2. The van der Waals surface area contributed by atoms with Crippen molar-refractivity contribution in [1.82, 2.24) is 4.98 Å². The number of rotatable bonds is 5. The molecule has 126 valence electrons. The zero-order valence-corrected chi connectivity index (χ0v) is 13.2. The molecule has 0 bridgehead atoms. The molecule has 0 aliphatic rings. The van der Waals surface area contributed by atoms with Crippen molar-refractivity contribution in [2.75, 3.05) is 0 Å². The Morgan fingerprint density at radius 3 is 2.32 bits per heavy atom. The molecule has 1 heterocycles. The molecule has 3 rings (SSSR count). The van der Waals surface area contributed by atoms with E-state index in [0.717, 1.165) is 5.56 Å². The summed E-state index contributed by atoms with van der Waals surface area (Å²) < 4.78 is 5.72. The average molecular weight is 338 g/mol. The van der Waals surface area contributed by atoms with Gasteiger partial charge in [-0.25, -0.2) is 4.98 Å². The molecule has 0 amide bonds. The Hall–Kier alpha value is -3.48. The van der Waals surface area contributed by atoms with Crippen LogP contribution in [-0.4, -0.2) is 21.0 Å². The number of nitrogens with zero attached hydrogens (tertiary/aromatic N) is 2. The minimum atomic E-state index is -1.05. The molecule has 0 saturated carbocycles. The molecule has 0 aliphatic heterocycles. The molecule has 0 aliphatic carbocycles. The van der Waals surface area contributed by atoms with Crippen LogP contribution in [0.4, 0.5) is 5.69 Å². The van der Waals surface area contributed by atoms with E-state index in [4.69, 9.17) is 4.42 Å². The first kappa shape index (κ1) is 16.4. The SMILES string of the molecule is CC(C(=O)O)c1nc(-c2ccccc2)c(-c2ccc([N+](=O)[O-])cc2)o1. The van der Waals surface area contributed by atoms with Gasteiger partial charge in [-0.2, -0.15) is 0 Å². The highest BCUT2D eigenvalue weighted by atomic mass is 16.6. The summed E-state index contributed by atoms with van der Waals surface area (Å²) in [7, 11) is 0. The second-order valence-corrected chi connectivity index (χ2v) is 5.46. The number of hydrogen-bond donors (Lipinski definition) is 1. The molecule has 0 saturated heterocycles. The second-order valence-electron chi connectivity index (χ2n) is 5.46. The molecular formula is C18H14N2O5. The molecule has 2 aromatic carbocycles. The molecule has 1 unspecified atom stereocenters. The maximum atomic E-state index is 11.2. The van der Waals surface area contributed by atoms with Crippen molar-refractivity contribution in [1.29, 1.82) is 0 Å². The van der Waals surface area contributed by atoms with Gasteiger partial charge >= 0.3 is 5.97 Å². The highest BCUT2D eigenvalue weighted by Gasteiger charge is 2.24. The minimum absolute atomic E-state index is 0.0383. The molecule has 25 heavy (non-hydrogen) atoms. The summed E-state index contributed by atoms with van der Waals surface area (Å²) in [5.41, 5.74) is 1.81. The number of aromatic nitrogens is 1. The monoisotopic (exact) mass is 338 g/mol. The van der Waals surface area contributed by atoms with Gasteiger partial charge in [0.2, 0.25) is 5.89 Å². The Kier molecular flexibility index (Phi) is 4.30. The van der Waals surface area contributed by atoms with Crippen LogP contribution >= 0.6 is 0 Å². The standard InChI is InChI=1S/C18H14N2O5/c1-11(18(21)22)17-19-15(12-5-3-2-4-6-12)16(25-17)13-7-9-14(10-8-13)20(23)24/h2-11H,1H3,(H,21,22). The van der Waals surface area contributed by atoms with Gasteiger partial charge in [-0.15, -0.1) is 0 Å². The molecule has 0 fully saturated rings. The topological polar surface area (TPSA) is 106 Å². The first-order valence-electron chi connectivity index (χ1n) is 7.51. The van der Waals surface area contributed by atoms with Gasteiger partial charge in [-0.3, -0.25) is 14.9 Å². The quantitative estimate of drug-likeness (QED) is 0.554. The van der Waals surface area contributed by atoms with Crippen LogP contribution in [0.15, 0.2) is 59.0 Å². The molecule has 0 radical (unpaired) electrons. The maximum absolute atomic E-state index is 11.2. The first-order chi connectivity index (χ1) is 12.0. The van der Waals surface area contributed by atoms with E-state index in [0.29, 0.717) is 17.0 Å². The Morgan fingerprint density at radius 1 is 1.12 bits per heavy atom. The summed E-state index contributed by atoms with van der Waals surface area (Å²) in [5, 5.41) is 20.0. The second kappa shape index (κ2) is 6.56. The van der Waals surface area contributed by atoms with Gasteiger partial charge in [-0.05, 0) is 19.1 Å². The van der Waals surface area contributed by atoms with E-state index in [-0.39, 0.29) is 11.6 Å². The van der Waals surface area contributed by atoms with Gasteiger partial charge < -0.3 is 9.52 Å². The number of hydrogen-bond acceptors (Lipinski definition) is 5. The molecule has 1 atom stereocenters. The van der Waals surface area contributed by atoms with Crippen LogP contribution in [0, 0.1) is 10.1 Å². The summed E-state index contributed by atoms with van der Waals surface area (Å²) in [6, 6.07) is 15.0. The number of nitro benzene ring substituents is 1. The molecule has 0 spiro atoms. The number of non-ortho nitro benzene ring substituents is 1. The lowest BCUT2D eigenvalue weighted by Gasteiger charge is -2.01. The normalized spacial score (nSPS) is 11.9. The van der Waals surface area contributed by atoms with Crippen LogP contribution in [0.2, 0.25) is 0 Å². The Balaban J connectivity index is 2.13. The molecule has 1 aromatic heterocycles. The van der Waals surface area contributed by atoms with Crippen LogP contribution in [0.1, 0.15) is 18.7 Å². The highest BCUT2D eigenvalue weighted by Crippen LogP contribution is 2.35. The van der Waals surface area contributed by atoms with Crippen molar-refractivity contribution in [2.45, 2.75) is 12.8 Å². The van der Waals surface area contributed by atoms with E-state index >= 15 is 0 Å². The maximum Gasteiger partial charge on any atom is 0.315 e. The van der Waals surface area contributed by atoms with E-state index in [2.05, 4.69) is 4.98 Å². The minimum Gasteiger partial charge on any atom is -0.481 e. The smallest absolute Gasteiger partial charge is 0.315 e. The van der Waals surface area contributed by atoms with Crippen molar-refractivity contribution in [3.05, 3.63) is 70.6 Å². The Morgan fingerprint density at radius 2 is 1.76 bits per heavy atom. The summed E-state index contributed by atoms with van der Waals surface area (Å²) in [6.07, 6.45) is 0. The number of carboxylic acid groups (broad SMARTS) is 1. The van der Waals surface area contributed by atoms with Crippen LogP contribution in [0.25, 0.3) is 22.6 Å². The van der Waals surface area contributed by atoms with Crippen molar-refractivity contribution in [2.24, 2.45) is 0 Å². The van der Waals surface area contributed by atoms with Crippen LogP contribution < -0.4 is 0 Å². The van der Waals surface area contributed by atoms with E-state index in [9.17, 15) is 20.0 Å². The van der Waals surface area contributed by atoms with Crippen LogP contribution in [-0.2, 0) is 4.79 Å². The van der Waals surface area contributed by atoms with Gasteiger partial charge in [0, 0.05) is 23.3 Å². The predicted molar refractivity (Wildman–Crippen MR) is 90.1 cm³/mol. The highest BCUT2D eigenvalue weighted by molar-refractivity contribution is 5.79. The fourth-order valence-corrected chi connectivity index (χ4v) is 2.35. The lowest BCUT2D eigenvalue weighted by Crippen LogP contribution is -2.07. The zero-order valence-electron chi connectivity index (χ0n) is 13.2. The van der Waals surface area contributed by atoms with E-state index in [1.165, 1.54) is 19.1 Å². The summed E-state index contributed by atoms with van der Waals surface area (Å²) in [6.45, 7) is 1.49. The third kappa shape index (κ3) is 3.25. The summed E-state index contributed by atoms with van der Waals surface area (Å²) in [5.74, 6) is -1.49. The number of carbonyl (C=O) groups is 1. The van der Waals surface area contributed by atoms with Crippen molar-refractivity contribution in [3.8, 4) is 22.6 Å². The van der Waals surface area contributed by atoms with Crippen LogP contribution in [0.3, 0.4) is 0 Å². The van der Waals surface area contributed by atoms with Gasteiger partial charge in [0.25, 0.3) is 5.69 Å². The summed E-state index contributed by atoms with van der Waals surface area (Å²) in [4.78, 5) is 25.9. The average Bonchev–Trinajstić information content (AvgIpc) is 3.07. The van der Waals surface area contributed by atoms with Crippen molar-refractivity contribution in [3.63, 3.8) is 0 Å². The molecule has 1 N–H and O–H groups in total. The first-order valence-corrected chi connectivity index (χ1v) is 7.51. The Labute approximate surface area is 142 Å². The number of aliphatic carboxylic acids is 1. The third-order valence-electron chi connectivity index (χ3n) is 3.77. The predicted octanol–water partition coefficient (Wildman–Crippen LogP) is 4.10. The third-order valence-corrected chi connectivity index (χ3v) is 3.77. The number of nitro groups is 1. The summed E-state index contributed by atoms with van der Waals surface area (Å²) >= 11 is 0. The van der Waals surface area contributed by atoms with E-state index in [1.807, 2.05) is 30.3 Å². The van der Waals surface area contributed by atoms with Crippen molar-refractivity contribution >= 4 is 11.7 Å². The van der Waals surface area contributed by atoms with E-state index in [1.54, 1.807) is 12.1 Å². The lowest BCUT2D eigenvalue weighted by molar-refractivity contribution is -0.384. The van der Waals surface area contributed by atoms with Gasteiger partial charge in [0.15, 0.2) is 5.76 Å². The largest absolute Gasteiger partial charge is 0.481 e. The lowest BCUT2D eigenvalue weighted by atomic mass is 10.1. The van der Waals surface area contributed by atoms with Gasteiger partial charge in [-0.1, -0.05) is 30.3 Å². The molecule has 7 nitrogen and oxygen atoms in total. The molecular weight excluding hydrogens is 324 g/mol. The fraction of sp³-hybridized carbons (Fsp3) is 0.111. The number of carboxylic acids is 1. The van der Waals surface area contributed by atoms with Gasteiger partial charge in [0.05, 0.1) is 4.92 Å². The van der Waals surface area contributed by atoms with E-state index < -0.39 is 16.8 Å². The van der Waals surface area contributed by atoms with Crippen LogP contribution in [0.5, 0.6) is 0 Å². The molecule has 7 heteroatoms. The Bertz CT molecular complexity index is 916. The van der Waals surface area contributed by atoms with Crippen molar-refractivity contribution < 1.29 is 19.2 Å². The zero-order chi connectivity index (χ0) is 18.0. The van der Waals surface area contributed by atoms with Gasteiger partial charge in [0.1, 0.15) is 11.6 Å².